The highest BCUT2D eigenvalue weighted by molar-refractivity contribution is 5.74. The third-order valence-corrected chi connectivity index (χ3v) is 7.06. The summed E-state index contributed by atoms with van der Waals surface area (Å²) in [5.74, 6) is 0.902. The van der Waals surface area contributed by atoms with Crippen LogP contribution in [0.5, 0.6) is 0 Å². The molecule has 3 aliphatic heterocycles. The van der Waals surface area contributed by atoms with Crippen molar-refractivity contribution in [3.8, 4) is 11.3 Å². The van der Waals surface area contributed by atoms with Gasteiger partial charge < -0.3 is 25.2 Å². The molecule has 0 radical (unpaired) electrons. The largest absolute Gasteiger partial charge is 0.378 e. The fraction of sp³-hybridized carbons (Fsp3) is 0.357. The summed E-state index contributed by atoms with van der Waals surface area (Å²) in [6, 6.07) is 19.7. The van der Waals surface area contributed by atoms with Crippen molar-refractivity contribution < 1.29 is 4.74 Å². The van der Waals surface area contributed by atoms with E-state index >= 15 is 0 Å². The maximum absolute atomic E-state index is 5.48. The summed E-state index contributed by atoms with van der Waals surface area (Å²) < 4.78 is 5.48. The molecule has 6 rings (SSSR count). The number of benzene rings is 2. The van der Waals surface area contributed by atoms with Gasteiger partial charge in [0.2, 0.25) is 0 Å². The standard InChI is InChI=1S/C28H32N6O/c1-5-24(33-13-11-29-12-14-33)6-2-21(1)27-19-22-9-10-30-20-26(22)28(32-27)31-23-3-7-25(8-4-23)34-15-17-35-18-16-34/h1-8,10,19,29H,9,11-18,20H2,(H,31,32). The molecule has 0 atom stereocenters. The molecular formula is C28H32N6O. The lowest BCUT2D eigenvalue weighted by Crippen LogP contribution is -2.43. The molecule has 0 unspecified atom stereocenters. The van der Waals surface area contributed by atoms with Gasteiger partial charge in [-0.15, -0.1) is 0 Å². The summed E-state index contributed by atoms with van der Waals surface area (Å²) in [6.45, 7) is 8.31. The highest BCUT2D eigenvalue weighted by atomic mass is 16.5. The van der Waals surface area contributed by atoms with E-state index in [0.717, 1.165) is 81.7 Å². The second-order valence-electron chi connectivity index (χ2n) is 9.28. The molecule has 1 aromatic heterocycles. The van der Waals surface area contributed by atoms with E-state index in [1.165, 1.54) is 22.5 Å². The Balaban J connectivity index is 1.25. The zero-order valence-electron chi connectivity index (χ0n) is 20.0. The second-order valence-corrected chi connectivity index (χ2v) is 9.28. The number of rotatable bonds is 5. The molecule has 4 heterocycles. The molecule has 7 heteroatoms. The van der Waals surface area contributed by atoms with Crippen molar-refractivity contribution in [2.24, 2.45) is 4.99 Å². The first-order valence-electron chi connectivity index (χ1n) is 12.6. The van der Waals surface area contributed by atoms with Gasteiger partial charge in [0.1, 0.15) is 5.82 Å². The monoisotopic (exact) mass is 468 g/mol. The van der Waals surface area contributed by atoms with Crippen molar-refractivity contribution >= 4 is 29.1 Å². The summed E-state index contributed by atoms with van der Waals surface area (Å²) in [7, 11) is 0. The average molecular weight is 469 g/mol. The Morgan fingerprint density at radius 3 is 2.26 bits per heavy atom. The van der Waals surface area contributed by atoms with E-state index in [0.29, 0.717) is 6.54 Å². The van der Waals surface area contributed by atoms with E-state index in [9.17, 15) is 0 Å². The summed E-state index contributed by atoms with van der Waals surface area (Å²) in [5, 5.41) is 7.01. The minimum Gasteiger partial charge on any atom is -0.378 e. The number of morpholine rings is 1. The van der Waals surface area contributed by atoms with E-state index in [-0.39, 0.29) is 0 Å². The van der Waals surface area contributed by atoms with Crippen LogP contribution in [0.15, 0.2) is 59.6 Å². The third kappa shape index (κ3) is 4.88. The molecule has 2 saturated heterocycles. The number of nitrogens with one attached hydrogen (secondary N) is 2. The molecule has 2 fully saturated rings. The van der Waals surface area contributed by atoms with Gasteiger partial charge in [-0.1, -0.05) is 12.1 Å². The zero-order valence-corrected chi connectivity index (χ0v) is 20.0. The first-order valence-corrected chi connectivity index (χ1v) is 12.6. The molecule has 0 spiro atoms. The van der Waals surface area contributed by atoms with Crippen LogP contribution in [0.1, 0.15) is 11.1 Å². The van der Waals surface area contributed by atoms with Crippen LogP contribution in [-0.4, -0.2) is 63.7 Å². The number of aliphatic imine (C=N–C) groups is 1. The van der Waals surface area contributed by atoms with Crippen LogP contribution in [0, 0.1) is 0 Å². The smallest absolute Gasteiger partial charge is 0.136 e. The first-order chi connectivity index (χ1) is 17.3. The Labute approximate surface area is 206 Å². The molecule has 3 aliphatic rings. The maximum Gasteiger partial charge on any atom is 0.136 e. The zero-order chi connectivity index (χ0) is 23.5. The minimum atomic E-state index is 0.665. The van der Waals surface area contributed by atoms with Gasteiger partial charge in [-0.2, -0.15) is 0 Å². The maximum atomic E-state index is 5.48. The highest BCUT2D eigenvalue weighted by Crippen LogP contribution is 2.31. The fourth-order valence-electron chi connectivity index (χ4n) is 5.03. The third-order valence-electron chi connectivity index (χ3n) is 7.06. The lowest BCUT2D eigenvalue weighted by Gasteiger charge is -2.29. The lowest BCUT2D eigenvalue weighted by molar-refractivity contribution is 0.122. The molecular weight excluding hydrogens is 436 g/mol. The molecule has 0 saturated carbocycles. The summed E-state index contributed by atoms with van der Waals surface area (Å²) in [5.41, 5.74) is 8.17. The Hall–Kier alpha value is -3.42. The van der Waals surface area contributed by atoms with Crippen LogP contribution in [0.25, 0.3) is 11.3 Å². The van der Waals surface area contributed by atoms with Gasteiger partial charge in [-0.25, -0.2) is 4.98 Å². The van der Waals surface area contributed by atoms with Crippen LogP contribution in [0.2, 0.25) is 0 Å². The molecule has 7 nitrogen and oxygen atoms in total. The number of fused-ring (bicyclic) bond motifs is 1. The Morgan fingerprint density at radius 1 is 0.829 bits per heavy atom. The van der Waals surface area contributed by atoms with Gasteiger partial charge in [0.25, 0.3) is 0 Å². The summed E-state index contributed by atoms with van der Waals surface area (Å²) in [6.07, 6.45) is 2.86. The minimum absolute atomic E-state index is 0.665. The molecule has 35 heavy (non-hydrogen) atoms. The highest BCUT2D eigenvalue weighted by Gasteiger charge is 2.17. The predicted molar refractivity (Wildman–Crippen MR) is 143 cm³/mol. The van der Waals surface area contributed by atoms with E-state index < -0.39 is 0 Å². The first kappa shape index (κ1) is 22.1. The van der Waals surface area contributed by atoms with Crippen LogP contribution >= 0.6 is 0 Å². The SMILES string of the molecule is C1=NCc2c(cc(-c3ccc(N4CCNCC4)cc3)nc2Nc2ccc(N3CCOCC3)cc2)C1. The molecule has 0 bridgehead atoms. The molecule has 0 aliphatic carbocycles. The molecule has 0 amide bonds. The van der Waals surface area contributed by atoms with Crippen LogP contribution < -0.4 is 20.4 Å². The van der Waals surface area contributed by atoms with Crippen molar-refractivity contribution in [2.45, 2.75) is 13.0 Å². The molecule has 2 N–H and O–H groups in total. The number of hydrogen-bond donors (Lipinski definition) is 2. The van der Waals surface area contributed by atoms with Gasteiger partial charge in [0.05, 0.1) is 25.5 Å². The number of nitrogens with zero attached hydrogens (tertiary/aromatic N) is 4. The Kier molecular flexibility index (Phi) is 6.34. The van der Waals surface area contributed by atoms with Gasteiger partial charge in [0, 0.05) is 80.1 Å². The Bertz CT molecular complexity index is 1180. The van der Waals surface area contributed by atoms with Gasteiger partial charge in [-0.3, -0.25) is 4.99 Å². The van der Waals surface area contributed by atoms with Crippen molar-refractivity contribution in [2.75, 3.05) is 67.6 Å². The van der Waals surface area contributed by atoms with Gasteiger partial charge in [-0.05, 0) is 48.0 Å². The summed E-state index contributed by atoms with van der Waals surface area (Å²) >= 11 is 0. The predicted octanol–water partition coefficient (Wildman–Crippen LogP) is 3.87. The van der Waals surface area contributed by atoms with Crippen molar-refractivity contribution in [1.82, 2.24) is 10.3 Å². The van der Waals surface area contributed by atoms with Gasteiger partial charge >= 0.3 is 0 Å². The quantitative estimate of drug-likeness (QED) is 0.593. The summed E-state index contributed by atoms with van der Waals surface area (Å²) in [4.78, 5) is 14.4. The van der Waals surface area contributed by atoms with Crippen molar-refractivity contribution in [1.29, 1.82) is 0 Å². The van der Waals surface area contributed by atoms with Crippen molar-refractivity contribution in [3.63, 3.8) is 0 Å². The number of pyridine rings is 1. The normalized spacial score (nSPS) is 17.8. The number of piperazine rings is 1. The fourth-order valence-corrected chi connectivity index (χ4v) is 5.03. The number of ether oxygens (including phenoxy) is 1. The lowest BCUT2D eigenvalue weighted by atomic mass is 10.00. The topological polar surface area (TPSA) is 65.0 Å². The molecule has 3 aromatic rings. The number of hydrogen-bond acceptors (Lipinski definition) is 7. The van der Waals surface area contributed by atoms with Crippen LogP contribution in [-0.2, 0) is 17.7 Å². The van der Waals surface area contributed by atoms with Crippen LogP contribution in [0.3, 0.4) is 0 Å². The van der Waals surface area contributed by atoms with E-state index in [4.69, 9.17) is 9.72 Å². The van der Waals surface area contributed by atoms with E-state index in [1.54, 1.807) is 0 Å². The molecule has 180 valence electrons. The van der Waals surface area contributed by atoms with Crippen LogP contribution in [0.4, 0.5) is 22.9 Å². The number of aromatic nitrogens is 1. The Morgan fingerprint density at radius 2 is 1.51 bits per heavy atom. The second kappa shape index (κ2) is 10.1. The van der Waals surface area contributed by atoms with Crippen molar-refractivity contribution in [3.05, 3.63) is 65.7 Å². The molecule has 2 aromatic carbocycles. The average Bonchev–Trinajstić information content (AvgIpc) is 2.94. The number of anilines is 4. The van der Waals surface area contributed by atoms with E-state index in [2.05, 4.69) is 80.0 Å². The van der Waals surface area contributed by atoms with E-state index in [1.807, 2.05) is 6.21 Å². The van der Waals surface area contributed by atoms with Gasteiger partial charge in [0.15, 0.2) is 0 Å².